The molecule has 0 aliphatic heterocycles. The average Bonchev–Trinajstić information content (AvgIpc) is 2.92. The normalized spacial score (nSPS) is 16.4. The zero-order chi connectivity index (χ0) is 13.8. The van der Waals surface area contributed by atoms with Gasteiger partial charge in [0, 0.05) is 12.6 Å². The number of anilines is 1. The van der Waals surface area contributed by atoms with Crippen LogP contribution in [0.25, 0.3) is 0 Å². The van der Waals surface area contributed by atoms with Gasteiger partial charge in [-0.15, -0.1) is 12.4 Å². The van der Waals surface area contributed by atoms with Crippen LogP contribution in [-0.2, 0) is 0 Å². The van der Waals surface area contributed by atoms with E-state index in [0.717, 1.165) is 0 Å². The molecule has 1 aliphatic carbocycles. The quantitative estimate of drug-likeness (QED) is 0.746. The molecular formula is C14H19Cl2N3O. The van der Waals surface area contributed by atoms with E-state index >= 15 is 0 Å². The summed E-state index contributed by atoms with van der Waals surface area (Å²) in [4.78, 5) is 0. The van der Waals surface area contributed by atoms with Gasteiger partial charge in [-0.05, 0) is 30.5 Å². The van der Waals surface area contributed by atoms with Crippen LogP contribution in [0.2, 0.25) is 5.02 Å². The molecule has 0 bridgehead atoms. The highest BCUT2D eigenvalue weighted by molar-refractivity contribution is 6.33. The van der Waals surface area contributed by atoms with Gasteiger partial charge in [0.05, 0.1) is 22.4 Å². The Morgan fingerprint density at radius 3 is 2.70 bits per heavy atom. The molecule has 0 aromatic heterocycles. The molecule has 2 rings (SSSR count). The summed E-state index contributed by atoms with van der Waals surface area (Å²) < 4.78 is 0. The minimum atomic E-state index is -0.675. The summed E-state index contributed by atoms with van der Waals surface area (Å²) in [6.07, 6.45) is 4.16. The molecule has 1 atom stereocenters. The lowest BCUT2D eigenvalue weighted by atomic mass is 10.0. The number of nitrogen functional groups attached to an aromatic ring is 1. The summed E-state index contributed by atoms with van der Waals surface area (Å²) in [5, 5.41) is 22.8. The highest BCUT2D eigenvalue weighted by atomic mass is 35.5. The van der Waals surface area contributed by atoms with Crippen molar-refractivity contribution in [1.82, 2.24) is 5.32 Å². The molecule has 1 unspecified atom stereocenters. The number of halogens is 2. The molecule has 1 saturated carbocycles. The molecule has 1 aromatic carbocycles. The Bertz CT molecular complexity index is 496. The predicted octanol–water partition coefficient (Wildman–Crippen LogP) is 2.78. The Morgan fingerprint density at radius 1 is 1.45 bits per heavy atom. The number of hydrogen-bond acceptors (Lipinski definition) is 4. The van der Waals surface area contributed by atoms with Gasteiger partial charge in [0.2, 0.25) is 0 Å². The van der Waals surface area contributed by atoms with Crippen molar-refractivity contribution in [2.24, 2.45) is 0 Å². The lowest BCUT2D eigenvalue weighted by Crippen LogP contribution is -2.30. The Morgan fingerprint density at radius 2 is 2.10 bits per heavy atom. The van der Waals surface area contributed by atoms with E-state index < -0.39 is 6.10 Å². The molecule has 4 N–H and O–H groups in total. The highest BCUT2D eigenvalue weighted by Gasteiger charge is 2.17. The lowest BCUT2D eigenvalue weighted by molar-refractivity contribution is 0.170. The van der Waals surface area contributed by atoms with Gasteiger partial charge in [0.15, 0.2) is 0 Å². The van der Waals surface area contributed by atoms with Crippen molar-refractivity contribution in [2.45, 2.75) is 37.8 Å². The molecule has 0 spiro atoms. The molecule has 1 fully saturated rings. The third kappa shape index (κ3) is 4.00. The summed E-state index contributed by atoms with van der Waals surface area (Å²) in [6, 6.07) is 5.71. The third-order valence-electron chi connectivity index (χ3n) is 3.61. The van der Waals surface area contributed by atoms with Gasteiger partial charge in [0.1, 0.15) is 6.07 Å². The maximum absolute atomic E-state index is 10.1. The van der Waals surface area contributed by atoms with Crippen LogP contribution < -0.4 is 11.1 Å². The van der Waals surface area contributed by atoms with Crippen molar-refractivity contribution in [2.75, 3.05) is 12.3 Å². The van der Waals surface area contributed by atoms with E-state index in [1.807, 2.05) is 6.07 Å². The molecule has 6 heteroatoms. The monoisotopic (exact) mass is 315 g/mol. The summed E-state index contributed by atoms with van der Waals surface area (Å²) in [7, 11) is 0. The Labute approximate surface area is 130 Å². The maximum Gasteiger partial charge on any atom is 0.101 e. The number of nitrogens with two attached hydrogens (primary N) is 1. The third-order valence-corrected chi connectivity index (χ3v) is 3.92. The van der Waals surface area contributed by atoms with Gasteiger partial charge >= 0.3 is 0 Å². The highest BCUT2D eigenvalue weighted by Crippen LogP contribution is 2.27. The fourth-order valence-electron chi connectivity index (χ4n) is 2.45. The van der Waals surface area contributed by atoms with E-state index in [9.17, 15) is 5.11 Å². The van der Waals surface area contributed by atoms with Crippen molar-refractivity contribution < 1.29 is 5.11 Å². The van der Waals surface area contributed by atoms with Gasteiger partial charge in [-0.3, -0.25) is 0 Å². The summed E-state index contributed by atoms with van der Waals surface area (Å²) >= 11 is 5.96. The smallest absolute Gasteiger partial charge is 0.101 e. The van der Waals surface area contributed by atoms with Gasteiger partial charge in [0.25, 0.3) is 0 Å². The van der Waals surface area contributed by atoms with E-state index in [1.54, 1.807) is 12.1 Å². The van der Waals surface area contributed by atoms with Crippen LogP contribution in [0.4, 0.5) is 5.69 Å². The summed E-state index contributed by atoms with van der Waals surface area (Å²) in [5.74, 6) is 0. The molecule has 0 radical (unpaired) electrons. The number of aliphatic hydroxyl groups excluding tert-OH is 1. The van der Waals surface area contributed by atoms with Crippen LogP contribution in [0.3, 0.4) is 0 Å². The maximum atomic E-state index is 10.1. The molecule has 0 heterocycles. The number of nitriles is 1. The van der Waals surface area contributed by atoms with E-state index in [-0.39, 0.29) is 18.1 Å². The molecule has 0 saturated heterocycles. The average molecular weight is 316 g/mol. The van der Waals surface area contributed by atoms with E-state index in [1.165, 1.54) is 25.7 Å². The second kappa shape index (κ2) is 7.70. The van der Waals surface area contributed by atoms with E-state index in [2.05, 4.69) is 5.32 Å². The predicted molar refractivity (Wildman–Crippen MR) is 83.0 cm³/mol. The molecule has 110 valence electrons. The van der Waals surface area contributed by atoms with Crippen LogP contribution in [0, 0.1) is 11.3 Å². The molecule has 4 nitrogen and oxygen atoms in total. The number of aliphatic hydroxyl groups is 1. The van der Waals surface area contributed by atoms with Gasteiger partial charge in [-0.1, -0.05) is 24.4 Å². The first kappa shape index (κ1) is 17.1. The summed E-state index contributed by atoms with van der Waals surface area (Å²) in [6.45, 7) is 0.468. The van der Waals surface area contributed by atoms with Gasteiger partial charge in [-0.2, -0.15) is 5.26 Å². The van der Waals surface area contributed by atoms with E-state index in [0.29, 0.717) is 28.7 Å². The Kier molecular flexibility index (Phi) is 6.57. The Hall–Kier alpha value is -0.990. The van der Waals surface area contributed by atoms with Crippen molar-refractivity contribution in [3.8, 4) is 6.07 Å². The van der Waals surface area contributed by atoms with E-state index in [4.69, 9.17) is 22.6 Å². The lowest BCUT2D eigenvalue weighted by Gasteiger charge is -2.17. The van der Waals surface area contributed by atoms with Crippen LogP contribution in [0.5, 0.6) is 0 Å². The molecule has 0 amide bonds. The van der Waals surface area contributed by atoms with Crippen molar-refractivity contribution in [3.05, 3.63) is 28.3 Å². The molecule has 20 heavy (non-hydrogen) atoms. The minimum absolute atomic E-state index is 0. The Balaban J connectivity index is 0.00000200. The van der Waals surface area contributed by atoms with Crippen LogP contribution >= 0.6 is 24.0 Å². The fraction of sp³-hybridized carbons (Fsp3) is 0.500. The standard InChI is InChI=1S/C14H18ClN3O.ClH/c15-12-6-9(5-10(7-16)14(12)17)13(19)8-18-11-3-1-2-4-11;/h5-6,11,13,18-19H,1-4,8,17H2;1H. The zero-order valence-electron chi connectivity index (χ0n) is 11.1. The second-order valence-electron chi connectivity index (χ2n) is 4.98. The van der Waals surface area contributed by atoms with Crippen molar-refractivity contribution in [3.63, 3.8) is 0 Å². The second-order valence-corrected chi connectivity index (χ2v) is 5.39. The number of rotatable bonds is 4. The first-order chi connectivity index (χ1) is 9.11. The van der Waals surface area contributed by atoms with Crippen LogP contribution in [0.1, 0.15) is 42.9 Å². The number of nitrogens with zero attached hydrogens (tertiary/aromatic N) is 1. The molecule has 1 aromatic rings. The molecule has 1 aliphatic rings. The van der Waals surface area contributed by atoms with Crippen molar-refractivity contribution >= 4 is 29.7 Å². The fourth-order valence-corrected chi connectivity index (χ4v) is 2.68. The zero-order valence-corrected chi connectivity index (χ0v) is 12.7. The largest absolute Gasteiger partial charge is 0.396 e. The minimum Gasteiger partial charge on any atom is -0.396 e. The topological polar surface area (TPSA) is 82.1 Å². The number of hydrogen-bond donors (Lipinski definition) is 3. The van der Waals surface area contributed by atoms with Crippen LogP contribution in [-0.4, -0.2) is 17.7 Å². The number of nitrogens with one attached hydrogen (secondary N) is 1. The van der Waals surface area contributed by atoms with Gasteiger partial charge < -0.3 is 16.2 Å². The first-order valence-electron chi connectivity index (χ1n) is 6.52. The van der Waals surface area contributed by atoms with Crippen molar-refractivity contribution in [1.29, 1.82) is 5.26 Å². The number of benzene rings is 1. The van der Waals surface area contributed by atoms with Crippen LogP contribution in [0.15, 0.2) is 12.1 Å². The molecular weight excluding hydrogens is 297 g/mol. The SMILES string of the molecule is Cl.N#Cc1cc(C(O)CNC2CCCC2)cc(Cl)c1N. The first-order valence-corrected chi connectivity index (χ1v) is 6.90. The van der Waals surface area contributed by atoms with Gasteiger partial charge in [-0.25, -0.2) is 0 Å². The summed E-state index contributed by atoms with van der Waals surface area (Å²) in [5.41, 5.74) is 6.89.